The third-order valence-electron chi connectivity index (χ3n) is 2.57. The Kier molecular flexibility index (Phi) is 3.24. The number of hydrogen-bond acceptors (Lipinski definition) is 5. The quantitative estimate of drug-likeness (QED) is 0.827. The number of methoxy groups -OCH3 is 1. The zero-order valence-electron chi connectivity index (χ0n) is 9.60. The zero-order chi connectivity index (χ0) is 13.3. The molecule has 1 unspecified atom stereocenters. The van der Waals surface area contributed by atoms with Gasteiger partial charge in [-0.25, -0.2) is 4.39 Å². The van der Waals surface area contributed by atoms with Gasteiger partial charge in [0.15, 0.2) is 23.1 Å². The highest BCUT2D eigenvalue weighted by atomic mass is 19.1. The second kappa shape index (κ2) is 4.69. The molecule has 98 valence electrons. The van der Waals surface area contributed by atoms with Gasteiger partial charge in [0.25, 0.3) is 0 Å². The lowest BCUT2D eigenvalue weighted by Crippen LogP contribution is -2.25. The summed E-state index contributed by atoms with van der Waals surface area (Å²) in [5, 5.41) is 8.90. The van der Waals surface area contributed by atoms with E-state index in [1.807, 2.05) is 0 Å². The van der Waals surface area contributed by atoms with Gasteiger partial charge >= 0.3 is 5.97 Å². The normalized spacial score (nSPS) is 15.1. The highest BCUT2D eigenvalue weighted by Gasteiger charge is 2.30. The van der Waals surface area contributed by atoms with E-state index in [9.17, 15) is 9.18 Å². The lowest BCUT2D eigenvalue weighted by molar-refractivity contribution is -0.138. The van der Waals surface area contributed by atoms with Crippen LogP contribution >= 0.6 is 0 Å². The number of hydrogen-bond donors (Lipinski definition) is 2. The van der Waals surface area contributed by atoms with E-state index < -0.39 is 17.8 Å². The van der Waals surface area contributed by atoms with Gasteiger partial charge in [0.1, 0.15) is 19.3 Å². The van der Waals surface area contributed by atoms with Gasteiger partial charge in [-0.1, -0.05) is 0 Å². The monoisotopic (exact) mass is 257 g/mol. The van der Waals surface area contributed by atoms with Crippen LogP contribution in [0.25, 0.3) is 0 Å². The first kappa shape index (κ1) is 12.4. The first-order valence-electron chi connectivity index (χ1n) is 5.20. The highest BCUT2D eigenvalue weighted by Crippen LogP contribution is 2.42. The first-order chi connectivity index (χ1) is 8.56. The van der Waals surface area contributed by atoms with E-state index in [0.717, 1.165) is 0 Å². The summed E-state index contributed by atoms with van der Waals surface area (Å²) >= 11 is 0. The minimum Gasteiger partial charge on any atom is -0.494 e. The Labute approximate surface area is 102 Å². The number of fused-ring (bicyclic) bond motifs is 1. The van der Waals surface area contributed by atoms with Gasteiger partial charge in [0.2, 0.25) is 0 Å². The molecule has 0 aliphatic carbocycles. The second-order valence-corrected chi connectivity index (χ2v) is 3.65. The molecule has 3 N–H and O–H groups in total. The summed E-state index contributed by atoms with van der Waals surface area (Å²) in [6.45, 7) is 0.502. The van der Waals surface area contributed by atoms with E-state index in [-0.39, 0.29) is 29.4 Å². The van der Waals surface area contributed by atoms with E-state index in [0.29, 0.717) is 6.61 Å². The summed E-state index contributed by atoms with van der Waals surface area (Å²) in [6, 6.07) is -0.238. The van der Waals surface area contributed by atoms with Gasteiger partial charge in [-0.05, 0) is 0 Å². The predicted octanol–water partition coefficient (Wildman–Crippen LogP) is 0.690. The van der Waals surface area contributed by atoms with E-state index in [2.05, 4.69) is 0 Å². The largest absolute Gasteiger partial charge is 0.494 e. The smallest absolute Gasteiger partial charge is 0.325 e. The molecule has 1 aliphatic heterocycles. The van der Waals surface area contributed by atoms with Crippen molar-refractivity contribution in [2.75, 3.05) is 20.3 Å². The van der Waals surface area contributed by atoms with E-state index >= 15 is 0 Å². The van der Waals surface area contributed by atoms with Crippen LogP contribution < -0.4 is 19.9 Å². The lowest BCUT2D eigenvalue weighted by atomic mass is 10.0. The molecule has 18 heavy (non-hydrogen) atoms. The van der Waals surface area contributed by atoms with Gasteiger partial charge in [-0.15, -0.1) is 0 Å². The maximum absolute atomic E-state index is 14.1. The molecule has 6 nitrogen and oxygen atoms in total. The molecular formula is C11H12FNO5. The SMILES string of the molecule is COc1cc2c(c(C(N)C(=O)O)c1F)OCCO2. The third-order valence-corrected chi connectivity index (χ3v) is 2.57. The Morgan fingerprint density at radius 1 is 1.56 bits per heavy atom. The summed E-state index contributed by atoms with van der Waals surface area (Å²) in [6.07, 6.45) is 0. The Hall–Kier alpha value is -2.02. The first-order valence-corrected chi connectivity index (χ1v) is 5.20. The molecule has 1 aliphatic rings. The van der Waals surface area contributed by atoms with E-state index in [1.54, 1.807) is 0 Å². The number of nitrogens with two attached hydrogens (primary N) is 1. The van der Waals surface area contributed by atoms with Crippen molar-refractivity contribution < 1.29 is 28.5 Å². The van der Waals surface area contributed by atoms with Crippen LogP contribution in [0.2, 0.25) is 0 Å². The Morgan fingerprint density at radius 3 is 2.83 bits per heavy atom. The Morgan fingerprint density at radius 2 is 2.22 bits per heavy atom. The molecule has 0 radical (unpaired) electrons. The minimum absolute atomic E-state index is 0.0226. The number of carbonyl (C=O) groups is 1. The van der Waals surface area contributed by atoms with Crippen LogP contribution in [-0.4, -0.2) is 31.4 Å². The predicted molar refractivity (Wildman–Crippen MR) is 58.5 cm³/mol. The number of aliphatic carboxylic acids is 1. The summed E-state index contributed by atoms with van der Waals surface area (Å²) < 4.78 is 29.4. The van der Waals surface area contributed by atoms with Crippen molar-refractivity contribution in [2.45, 2.75) is 6.04 Å². The molecule has 1 heterocycles. The molecule has 1 aromatic rings. The number of halogens is 1. The van der Waals surface area contributed by atoms with Crippen LogP contribution in [0.3, 0.4) is 0 Å². The van der Waals surface area contributed by atoms with Crippen LogP contribution in [0, 0.1) is 5.82 Å². The number of carboxylic acid groups (broad SMARTS) is 1. The fourth-order valence-corrected chi connectivity index (χ4v) is 1.71. The molecule has 7 heteroatoms. The molecule has 1 atom stereocenters. The van der Waals surface area contributed by atoms with Crippen LogP contribution in [0.15, 0.2) is 6.07 Å². The molecule has 0 bridgehead atoms. The highest BCUT2D eigenvalue weighted by molar-refractivity contribution is 5.77. The molecule has 2 rings (SSSR count). The van der Waals surface area contributed by atoms with Crippen molar-refractivity contribution in [1.29, 1.82) is 0 Å². The van der Waals surface area contributed by atoms with Crippen molar-refractivity contribution in [1.82, 2.24) is 0 Å². The number of carboxylic acids is 1. The van der Waals surface area contributed by atoms with Crippen LogP contribution in [0.5, 0.6) is 17.2 Å². The Balaban J connectivity index is 2.63. The van der Waals surface area contributed by atoms with Gasteiger partial charge in [0, 0.05) is 6.07 Å². The fourth-order valence-electron chi connectivity index (χ4n) is 1.71. The van der Waals surface area contributed by atoms with Gasteiger partial charge in [0.05, 0.1) is 12.7 Å². The fraction of sp³-hybridized carbons (Fsp3) is 0.364. The Bertz CT molecular complexity index is 491. The number of benzene rings is 1. The molecule has 0 aromatic heterocycles. The maximum Gasteiger partial charge on any atom is 0.325 e. The molecule has 0 fully saturated rings. The van der Waals surface area contributed by atoms with Gasteiger partial charge in [-0.2, -0.15) is 0 Å². The van der Waals surface area contributed by atoms with Crippen LogP contribution in [-0.2, 0) is 4.79 Å². The molecule has 0 saturated carbocycles. The summed E-state index contributed by atoms with van der Waals surface area (Å²) in [7, 11) is 1.27. The molecule has 0 amide bonds. The molecule has 1 aromatic carbocycles. The average molecular weight is 257 g/mol. The molecular weight excluding hydrogens is 245 g/mol. The van der Waals surface area contributed by atoms with Crippen molar-refractivity contribution in [3.63, 3.8) is 0 Å². The van der Waals surface area contributed by atoms with Crippen molar-refractivity contribution in [2.24, 2.45) is 5.73 Å². The van der Waals surface area contributed by atoms with Crippen molar-refractivity contribution in [3.8, 4) is 17.2 Å². The standard InChI is InChI=1S/C11H12FNO5/c1-16-5-4-6-10(18-3-2-17-6)7(8(5)12)9(13)11(14)15/h4,9H,2-3,13H2,1H3,(H,14,15). The second-order valence-electron chi connectivity index (χ2n) is 3.65. The third kappa shape index (κ3) is 1.92. The average Bonchev–Trinajstić information content (AvgIpc) is 2.37. The maximum atomic E-state index is 14.1. The summed E-state index contributed by atoms with van der Waals surface area (Å²) in [5.41, 5.74) is 5.19. The zero-order valence-corrected chi connectivity index (χ0v) is 9.60. The van der Waals surface area contributed by atoms with Crippen LogP contribution in [0.1, 0.15) is 11.6 Å². The van der Waals surface area contributed by atoms with E-state index in [1.165, 1.54) is 13.2 Å². The topological polar surface area (TPSA) is 91.0 Å². The number of rotatable bonds is 3. The molecule has 0 spiro atoms. The van der Waals surface area contributed by atoms with Crippen molar-refractivity contribution >= 4 is 5.97 Å². The lowest BCUT2D eigenvalue weighted by Gasteiger charge is -2.23. The molecule has 0 saturated heterocycles. The minimum atomic E-state index is -1.55. The van der Waals surface area contributed by atoms with Gasteiger partial charge < -0.3 is 25.1 Å². The van der Waals surface area contributed by atoms with E-state index in [4.69, 9.17) is 25.1 Å². The summed E-state index contributed by atoms with van der Waals surface area (Å²) in [5.74, 6) is -2.10. The number of ether oxygens (including phenoxy) is 3. The summed E-state index contributed by atoms with van der Waals surface area (Å²) in [4.78, 5) is 10.9. The van der Waals surface area contributed by atoms with Gasteiger partial charge in [-0.3, -0.25) is 4.79 Å². The van der Waals surface area contributed by atoms with Crippen LogP contribution in [0.4, 0.5) is 4.39 Å². The van der Waals surface area contributed by atoms with Crippen molar-refractivity contribution in [3.05, 3.63) is 17.4 Å².